The van der Waals surface area contributed by atoms with Crippen molar-refractivity contribution in [3.63, 3.8) is 0 Å². The van der Waals surface area contributed by atoms with Crippen LogP contribution in [-0.4, -0.2) is 26.1 Å². The summed E-state index contributed by atoms with van der Waals surface area (Å²) in [6, 6.07) is 11.3. The van der Waals surface area contributed by atoms with Crippen molar-refractivity contribution in [2.24, 2.45) is 7.05 Å². The van der Waals surface area contributed by atoms with Gasteiger partial charge >= 0.3 is 0 Å². The van der Waals surface area contributed by atoms with Gasteiger partial charge in [-0.15, -0.1) is 16.4 Å². The molecule has 21 heavy (non-hydrogen) atoms. The van der Waals surface area contributed by atoms with Gasteiger partial charge < -0.3 is 5.32 Å². The summed E-state index contributed by atoms with van der Waals surface area (Å²) in [5.74, 6) is 0.664. The smallest absolute Gasteiger partial charge is 0.229 e. The Labute approximate surface area is 125 Å². The van der Waals surface area contributed by atoms with Crippen LogP contribution in [0.25, 0.3) is 11.4 Å². The Bertz CT molecular complexity index is 733. The number of benzene rings is 1. The Hall–Kier alpha value is -2.54. The number of anilines is 1. The molecule has 3 rings (SSSR count). The second kappa shape index (κ2) is 5.84. The fourth-order valence-corrected chi connectivity index (χ4v) is 2.66. The van der Waals surface area contributed by atoms with E-state index in [-0.39, 0.29) is 5.91 Å². The molecule has 106 valence electrons. The average molecular weight is 299 g/mol. The highest BCUT2D eigenvalue weighted by atomic mass is 32.1. The highest BCUT2D eigenvalue weighted by Gasteiger charge is 2.07. The molecule has 7 heteroatoms. The molecule has 0 bridgehead atoms. The fraction of sp³-hybridized carbons (Fsp3) is 0.143. The van der Waals surface area contributed by atoms with Gasteiger partial charge in [0.2, 0.25) is 5.91 Å². The standard InChI is InChI=1S/C14H13N5OS/c1-19-14(16-17-18-19)10-4-6-11(7-5-10)15-13(20)9-12-3-2-8-21-12/h2-8H,9H2,1H3,(H,15,20). The van der Waals surface area contributed by atoms with Crippen molar-refractivity contribution in [2.75, 3.05) is 5.32 Å². The molecule has 1 aromatic carbocycles. The SMILES string of the molecule is Cn1nnnc1-c1ccc(NC(=O)Cc2cccs2)cc1. The zero-order valence-electron chi connectivity index (χ0n) is 11.4. The van der Waals surface area contributed by atoms with Crippen LogP contribution >= 0.6 is 11.3 Å². The van der Waals surface area contributed by atoms with Crippen LogP contribution in [0.5, 0.6) is 0 Å². The lowest BCUT2D eigenvalue weighted by molar-refractivity contribution is -0.115. The summed E-state index contributed by atoms with van der Waals surface area (Å²) in [6.45, 7) is 0. The van der Waals surface area contributed by atoms with Crippen molar-refractivity contribution in [2.45, 2.75) is 6.42 Å². The van der Waals surface area contributed by atoms with Crippen LogP contribution in [0.2, 0.25) is 0 Å². The van der Waals surface area contributed by atoms with E-state index in [0.29, 0.717) is 12.2 Å². The van der Waals surface area contributed by atoms with E-state index in [1.807, 2.05) is 41.8 Å². The first-order valence-electron chi connectivity index (χ1n) is 6.37. The van der Waals surface area contributed by atoms with Gasteiger partial charge in [-0.05, 0) is 46.1 Å². The number of nitrogens with one attached hydrogen (secondary N) is 1. The number of amides is 1. The molecular formula is C14H13N5OS. The average Bonchev–Trinajstić information content (AvgIpc) is 3.11. The van der Waals surface area contributed by atoms with Gasteiger partial charge in [-0.3, -0.25) is 4.79 Å². The second-order valence-corrected chi connectivity index (χ2v) is 5.54. The largest absolute Gasteiger partial charge is 0.326 e. The van der Waals surface area contributed by atoms with Crippen LogP contribution in [0, 0.1) is 0 Å². The number of tetrazole rings is 1. The van der Waals surface area contributed by atoms with Crippen LogP contribution < -0.4 is 5.32 Å². The maximum Gasteiger partial charge on any atom is 0.229 e. The number of nitrogens with zero attached hydrogens (tertiary/aromatic N) is 4. The molecule has 0 unspecified atom stereocenters. The first-order chi connectivity index (χ1) is 10.2. The Kier molecular flexibility index (Phi) is 3.74. The van der Waals surface area contributed by atoms with E-state index in [4.69, 9.17) is 0 Å². The number of rotatable bonds is 4. The molecule has 0 atom stereocenters. The molecule has 2 aromatic heterocycles. The number of carbonyl (C=O) groups excluding carboxylic acids is 1. The summed E-state index contributed by atoms with van der Waals surface area (Å²) in [4.78, 5) is 13.0. The first-order valence-corrected chi connectivity index (χ1v) is 7.25. The minimum atomic E-state index is -0.0227. The van der Waals surface area contributed by atoms with Crippen molar-refractivity contribution in [3.05, 3.63) is 46.7 Å². The van der Waals surface area contributed by atoms with Crippen molar-refractivity contribution in [1.29, 1.82) is 0 Å². The number of aryl methyl sites for hydroxylation is 1. The molecule has 0 saturated carbocycles. The lowest BCUT2D eigenvalue weighted by Crippen LogP contribution is -2.13. The summed E-state index contributed by atoms with van der Waals surface area (Å²) in [7, 11) is 1.78. The molecule has 2 heterocycles. The summed E-state index contributed by atoms with van der Waals surface area (Å²) < 4.78 is 1.60. The summed E-state index contributed by atoms with van der Waals surface area (Å²) in [5.41, 5.74) is 1.66. The normalized spacial score (nSPS) is 10.5. The van der Waals surface area contributed by atoms with Crippen molar-refractivity contribution in [1.82, 2.24) is 20.2 Å². The molecule has 0 aliphatic carbocycles. The lowest BCUT2D eigenvalue weighted by atomic mass is 10.2. The highest BCUT2D eigenvalue weighted by molar-refractivity contribution is 7.10. The monoisotopic (exact) mass is 299 g/mol. The second-order valence-electron chi connectivity index (χ2n) is 4.51. The van der Waals surface area contributed by atoms with E-state index in [2.05, 4.69) is 20.8 Å². The molecule has 0 aliphatic heterocycles. The van der Waals surface area contributed by atoms with E-state index in [1.54, 1.807) is 23.1 Å². The predicted molar refractivity (Wildman–Crippen MR) is 80.9 cm³/mol. The molecule has 3 aromatic rings. The molecule has 0 fully saturated rings. The number of thiophene rings is 1. The van der Waals surface area contributed by atoms with Crippen LogP contribution in [-0.2, 0) is 18.3 Å². The predicted octanol–water partition coefficient (Wildman–Crippen LogP) is 2.12. The third-order valence-electron chi connectivity index (χ3n) is 2.96. The maximum atomic E-state index is 11.9. The van der Waals surface area contributed by atoms with E-state index in [1.165, 1.54) is 0 Å². The number of carbonyl (C=O) groups is 1. The van der Waals surface area contributed by atoms with E-state index >= 15 is 0 Å². The van der Waals surface area contributed by atoms with E-state index in [0.717, 1.165) is 16.1 Å². The van der Waals surface area contributed by atoms with Gasteiger partial charge in [0.05, 0.1) is 6.42 Å². The van der Waals surface area contributed by atoms with Crippen LogP contribution in [0.1, 0.15) is 4.88 Å². The lowest BCUT2D eigenvalue weighted by Gasteiger charge is -2.05. The fourth-order valence-electron chi connectivity index (χ4n) is 1.95. The van der Waals surface area contributed by atoms with Gasteiger partial charge in [-0.2, -0.15) is 0 Å². The number of hydrogen-bond acceptors (Lipinski definition) is 5. The number of aromatic nitrogens is 4. The van der Waals surface area contributed by atoms with Crippen LogP contribution in [0.15, 0.2) is 41.8 Å². The zero-order chi connectivity index (χ0) is 14.7. The summed E-state index contributed by atoms with van der Waals surface area (Å²) in [6.07, 6.45) is 0.395. The van der Waals surface area contributed by atoms with Gasteiger partial charge in [-0.1, -0.05) is 6.07 Å². The minimum Gasteiger partial charge on any atom is -0.326 e. The molecule has 1 N–H and O–H groups in total. The highest BCUT2D eigenvalue weighted by Crippen LogP contribution is 2.18. The summed E-state index contributed by atoms with van der Waals surface area (Å²) in [5, 5.41) is 16.2. The molecule has 1 amide bonds. The maximum absolute atomic E-state index is 11.9. The van der Waals surface area contributed by atoms with Crippen molar-refractivity contribution in [3.8, 4) is 11.4 Å². The van der Waals surface area contributed by atoms with Gasteiger partial charge in [0, 0.05) is 23.2 Å². The van der Waals surface area contributed by atoms with Crippen molar-refractivity contribution >= 4 is 22.9 Å². The Balaban J connectivity index is 1.67. The zero-order valence-corrected chi connectivity index (χ0v) is 12.2. The summed E-state index contributed by atoms with van der Waals surface area (Å²) >= 11 is 1.58. The Morgan fingerprint density at radius 3 is 2.71 bits per heavy atom. The third kappa shape index (κ3) is 3.14. The van der Waals surface area contributed by atoms with Crippen LogP contribution in [0.4, 0.5) is 5.69 Å². The minimum absolute atomic E-state index is 0.0227. The topological polar surface area (TPSA) is 72.7 Å². The van der Waals surface area contributed by atoms with Gasteiger partial charge in [0.25, 0.3) is 0 Å². The molecule has 0 radical (unpaired) electrons. The van der Waals surface area contributed by atoms with Gasteiger partial charge in [0.15, 0.2) is 5.82 Å². The first kappa shape index (κ1) is 13.4. The van der Waals surface area contributed by atoms with Gasteiger partial charge in [-0.25, -0.2) is 4.68 Å². The molecule has 0 saturated heterocycles. The molecular weight excluding hydrogens is 286 g/mol. The molecule has 6 nitrogen and oxygen atoms in total. The molecule has 0 aliphatic rings. The van der Waals surface area contributed by atoms with E-state index in [9.17, 15) is 4.79 Å². The van der Waals surface area contributed by atoms with Crippen molar-refractivity contribution < 1.29 is 4.79 Å². The van der Waals surface area contributed by atoms with Crippen LogP contribution in [0.3, 0.4) is 0 Å². The Morgan fingerprint density at radius 1 is 1.29 bits per heavy atom. The molecule has 0 spiro atoms. The Morgan fingerprint density at radius 2 is 2.10 bits per heavy atom. The number of hydrogen-bond donors (Lipinski definition) is 1. The quantitative estimate of drug-likeness (QED) is 0.801. The van der Waals surface area contributed by atoms with Gasteiger partial charge in [0.1, 0.15) is 0 Å². The van der Waals surface area contributed by atoms with E-state index < -0.39 is 0 Å². The third-order valence-corrected chi connectivity index (χ3v) is 3.84.